The second-order valence-electron chi connectivity index (χ2n) is 4.53. The van der Waals surface area contributed by atoms with Gasteiger partial charge in [0.2, 0.25) is 5.82 Å². The fourth-order valence-corrected chi connectivity index (χ4v) is 2.37. The fourth-order valence-electron chi connectivity index (χ4n) is 1.72. The SMILES string of the molecule is COS(=O)(=O)CCC[n+]1ccc(-c2noc(C(F)(F)F)n2)cc1. The number of rotatable bonds is 6. The van der Waals surface area contributed by atoms with Gasteiger partial charge in [-0.2, -0.15) is 26.6 Å². The van der Waals surface area contributed by atoms with E-state index in [9.17, 15) is 21.6 Å². The van der Waals surface area contributed by atoms with Gasteiger partial charge in [0.05, 0.1) is 12.9 Å². The van der Waals surface area contributed by atoms with E-state index >= 15 is 0 Å². The molecule has 2 rings (SSSR count). The summed E-state index contributed by atoms with van der Waals surface area (Å²) in [5, 5.41) is 3.28. The molecule has 0 spiro atoms. The molecular formula is C12H13F3N3O4S+. The predicted octanol–water partition coefficient (Wildman–Crippen LogP) is 1.41. The van der Waals surface area contributed by atoms with Crippen LogP contribution in [0.3, 0.4) is 0 Å². The molecule has 0 atom stereocenters. The molecule has 2 aromatic heterocycles. The fraction of sp³-hybridized carbons (Fsp3) is 0.417. The maximum absolute atomic E-state index is 12.4. The summed E-state index contributed by atoms with van der Waals surface area (Å²) in [6.07, 6.45) is -1.19. The minimum Gasteiger partial charge on any atom is -0.329 e. The van der Waals surface area contributed by atoms with Crippen molar-refractivity contribution in [3.8, 4) is 11.4 Å². The summed E-state index contributed by atoms with van der Waals surface area (Å²) >= 11 is 0. The lowest BCUT2D eigenvalue weighted by atomic mass is 10.2. The first-order valence-corrected chi connectivity index (χ1v) is 7.98. The summed E-state index contributed by atoms with van der Waals surface area (Å²) in [6.45, 7) is 0.406. The summed E-state index contributed by atoms with van der Waals surface area (Å²) in [7, 11) is -2.41. The maximum Gasteiger partial charge on any atom is 0.471 e. The Kier molecular flexibility index (Phi) is 5.00. The van der Waals surface area contributed by atoms with Crippen molar-refractivity contribution in [2.75, 3.05) is 12.9 Å². The van der Waals surface area contributed by atoms with Gasteiger partial charge in [-0.05, 0) is 0 Å². The standard InChI is InChI=1S/C12H13F3N3O4S/c1-21-23(19,20)8-2-5-18-6-3-9(4-7-18)10-16-11(22-17-10)12(13,14)15/h3-4,6-7H,2,5,8H2,1H3/q+1. The van der Waals surface area contributed by atoms with E-state index in [0.717, 1.165) is 7.11 Å². The van der Waals surface area contributed by atoms with Crippen molar-refractivity contribution in [1.29, 1.82) is 0 Å². The topological polar surface area (TPSA) is 86.2 Å². The van der Waals surface area contributed by atoms with E-state index in [0.29, 0.717) is 18.5 Å². The zero-order chi connectivity index (χ0) is 17.1. The second kappa shape index (κ2) is 6.62. The Hall–Kier alpha value is -2.01. The van der Waals surface area contributed by atoms with Crippen LogP contribution < -0.4 is 4.57 Å². The first-order valence-electron chi connectivity index (χ1n) is 6.40. The number of halogens is 3. The van der Waals surface area contributed by atoms with Gasteiger partial charge in [-0.15, -0.1) is 0 Å². The van der Waals surface area contributed by atoms with E-state index in [4.69, 9.17) is 0 Å². The lowest BCUT2D eigenvalue weighted by Gasteiger charge is -2.00. The number of aromatic nitrogens is 3. The van der Waals surface area contributed by atoms with Gasteiger partial charge in [0.25, 0.3) is 10.1 Å². The molecule has 0 aliphatic carbocycles. The lowest BCUT2D eigenvalue weighted by Crippen LogP contribution is -2.33. The van der Waals surface area contributed by atoms with Crippen LogP contribution in [0.1, 0.15) is 12.3 Å². The Bertz CT molecular complexity index is 757. The molecule has 126 valence electrons. The molecule has 23 heavy (non-hydrogen) atoms. The van der Waals surface area contributed by atoms with Crippen molar-refractivity contribution in [3.63, 3.8) is 0 Å². The third kappa shape index (κ3) is 4.73. The van der Waals surface area contributed by atoms with E-state index in [2.05, 4.69) is 18.8 Å². The summed E-state index contributed by atoms with van der Waals surface area (Å²) in [5.74, 6) is -1.71. The minimum atomic E-state index is -4.69. The van der Waals surface area contributed by atoms with Crippen LogP contribution in [-0.4, -0.2) is 31.4 Å². The van der Waals surface area contributed by atoms with Crippen molar-refractivity contribution < 1.29 is 34.9 Å². The van der Waals surface area contributed by atoms with Crippen LogP contribution >= 0.6 is 0 Å². The van der Waals surface area contributed by atoms with Crippen molar-refractivity contribution >= 4 is 10.1 Å². The first kappa shape index (κ1) is 17.3. The van der Waals surface area contributed by atoms with Gasteiger partial charge in [-0.25, -0.2) is 4.57 Å². The molecule has 0 saturated heterocycles. The van der Waals surface area contributed by atoms with E-state index in [1.807, 2.05) is 0 Å². The normalized spacial score (nSPS) is 12.5. The smallest absolute Gasteiger partial charge is 0.329 e. The quantitative estimate of drug-likeness (QED) is 0.577. The third-order valence-electron chi connectivity index (χ3n) is 2.88. The molecule has 11 heteroatoms. The summed E-state index contributed by atoms with van der Waals surface area (Å²) in [5.41, 5.74) is 0.352. The van der Waals surface area contributed by atoms with Crippen LogP contribution in [0.2, 0.25) is 0 Å². The van der Waals surface area contributed by atoms with E-state index in [1.54, 1.807) is 17.0 Å². The predicted molar refractivity (Wildman–Crippen MR) is 70.3 cm³/mol. The zero-order valence-electron chi connectivity index (χ0n) is 11.9. The highest BCUT2D eigenvalue weighted by molar-refractivity contribution is 7.86. The Morgan fingerprint density at radius 3 is 2.48 bits per heavy atom. The molecule has 0 fully saturated rings. The van der Waals surface area contributed by atoms with Crippen molar-refractivity contribution in [1.82, 2.24) is 10.1 Å². The molecule has 0 N–H and O–H groups in total. The molecule has 0 radical (unpaired) electrons. The highest BCUT2D eigenvalue weighted by Gasteiger charge is 2.38. The van der Waals surface area contributed by atoms with E-state index < -0.39 is 22.2 Å². The molecule has 7 nitrogen and oxygen atoms in total. The molecule has 0 saturated carbocycles. The van der Waals surface area contributed by atoms with Crippen LogP contribution in [0.5, 0.6) is 0 Å². The Morgan fingerprint density at radius 1 is 1.30 bits per heavy atom. The average Bonchev–Trinajstić information content (AvgIpc) is 2.98. The van der Waals surface area contributed by atoms with Gasteiger partial charge in [0.15, 0.2) is 12.4 Å². The van der Waals surface area contributed by atoms with Crippen molar-refractivity contribution in [2.24, 2.45) is 0 Å². The molecule has 0 aliphatic rings. The van der Waals surface area contributed by atoms with Crippen LogP contribution in [0.4, 0.5) is 13.2 Å². The number of alkyl halides is 3. The molecule has 0 amide bonds. The van der Waals surface area contributed by atoms with Crippen LogP contribution in [0.15, 0.2) is 29.0 Å². The molecule has 0 bridgehead atoms. The molecule has 0 aliphatic heterocycles. The first-order chi connectivity index (χ1) is 10.7. The zero-order valence-corrected chi connectivity index (χ0v) is 12.8. The van der Waals surface area contributed by atoms with E-state index in [-0.39, 0.29) is 11.6 Å². The number of nitrogens with zero attached hydrogens (tertiary/aromatic N) is 3. The minimum absolute atomic E-state index is 0.127. The van der Waals surface area contributed by atoms with Gasteiger partial charge in [0.1, 0.15) is 6.54 Å². The number of aryl methyl sites for hydroxylation is 1. The number of hydrogen-bond acceptors (Lipinski definition) is 6. The van der Waals surface area contributed by atoms with Gasteiger partial charge < -0.3 is 4.52 Å². The molecule has 0 aromatic carbocycles. The summed E-state index contributed by atoms with van der Waals surface area (Å²) in [6, 6.07) is 3.02. The average molecular weight is 352 g/mol. The molecule has 2 heterocycles. The molecule has 2 aromatic rings. The Labute approximate surface area is 129 Å². The maximum atomic E-state index is 12.4. The Balaban J connectivity index is 2.01. The van der Waals surface area contributed by atoms with Gasteiger partial charge in [-0.1, -0.05) is 5.16 Å². The van der Waals surface area contributed by atoms with Crippen LogP contribution in [-0.2, 0) is 27.0 Å². The largest absolute Gasteiger partial charge is 0.471 e. The van der Waals surface area contributed by atoms with Crippen LogP contribution in [0.25, 0.3) is 11.4 Å². The van der Waals surface area contributed by atoms with Crippen molar-refractivity contribution in [3.05, 3.63) is 30.4 Å². The third-order valence-corrected chi connectivity index (χ3v) is 4.18. The van der Waals surface area contributed by atoms with Crippen molar-refractivity contribution in [2.45, 2.75) is 19.1 Å². The van der Waals surface area contributed by atoms with Gasteiger partial charge in [0, 0.05) is 24.1 Å². The van der Waals surface area contributed by atoms with E-state index in [1.165, 1.54) is 12.1 Å². The summed E-state index contributed by atoms with van der Waals surface area (Å²) < 4.78 is 69.6. The lowest BCUT2D eigenvalue weighted by molar-refractivity contribution is -0.696. The number of hydrogen-bond donors (Lipinski definition) is 0. The monoisotopic (exact) mass is 352 g/mol. The Morgan fingerprint density at radius 2 is 1.96 bits per heavy atom. The molecule has 0 unspecified atom stereocenters. The van der Waals surface area contributed by atoms with Gasteiger partial charge in [-0.3, -0.25) is 4.18 Å². The highest BCUT2D eigenvalue weighted by Crippen LogP contribution is 2.29. The second-order valence-corrected chi connectivity index (χ2v) is 6.38. The van der Waals surface area contributed by atoms with Crippen LogP contribution in [0, 0.1) is 0 Å². The highest BCUT2D eigenvalue weighted by atomic mass is 32.2. The summed E-state index contributed by atoms with van der Waals surface area (Å²) in [4.78, 5) is 3.28. The molecular weight excluding hydrogens is 339 g/mol. The van der Waals surface area contributed by atoms with Gasteiger partial charge >= 0.3 is 12.1 Å². The number of pyridine rings is 1.